The van der Waals surface area contributed by atoms with E-state index in [9.17, 15) is 4.39 Å². The van der Waals surface area contributed by atoms with Gasteiger partial charge in [-0.15, -0.1) is 0 Å². The number of halogens is 1. The van der Waals surface area contributed by atoms with Gasteiger partial charge in [0.15, 0.2) is 0 Å². The number of nitrogens with one attached hydrogen (secondary N) is 1. The quantitative estimate of drug-likeness (QED) is 0.641. The minimum atomic E-state index is -0.221. The Morgan fingerprint density at radius 1 is 1.32 bits per heavy atom. The predicted molar refractivity (Wildman–Crippen MR) is 73.8 cm³/mol. The van der Waals surface area contributed by atoms with Crippen molar-refractivity contribution < 1.29 is 4.39 Å². The summed E-state index contributed by atoms with van der Waals surface area (Å²) in [7, 11) is 0. The summed E-state index contributed by atoms with van der Waals surface area (Å²) in [5, 5.41) is 0. The van der Waals surface area contributed by atoms with Crippen molar-refractivity contribution in [1.29, 1.82) is 0 Å². The summed E-state index contributed by atoms with van der Waals surface area (Å²) in [6.07, 6.45) is 3.43. The lowest BCUT2D eigenvalue weighted by atomic mass is 9.97. The first kappa shape index (κ1) is 13.6. The van der Waals surface area contributed by atoms with Crippen LogP contribution in [0.4, 0.5) is 4.39 Å². The van der Waals surface area contributed by atoms with Gasteiger partial charge in [-0.3, -0.25) is 16.3 Å². The smallest absolute Gasteiger partial charge is 0.123 e. The number of rotatable bonds is 5. The van der Waals surface area contributed by atoms with Crippen LogP contribution in [0.3, 0.4) is 0 Å². The van der Waals surface area contributed by atoms with Gasteiger partial charge in [-0.1, -0.05) is 12.1 Å². The van der Waals surface area contributed by atoms with E-state index in [0.717, 1.165) is 29.7 Å². The largest absolute Gasteiger partial charge is 0.271 e. The molecule has 4 heteroatoms. The number of hydrogen-bond acceptors (Lipinski definition) is 3. The Morgan fingerprint density at radius 3 is 2.79 bits per heavy atom. The number of hydrogen-bond donors (Lipinski definition) is 2. The lowest BCUT2D eigenvalue weighted by Gasteiger charge is -2.18. The highest BCUT2D eigenvalue weighted by Crippen LogP contribution is 2.22. The third-order valence-corrected chi connectivity index (χ3v) is 3.22. The Bertz CT molecular complexity index is 528. The number of aryl methyl sites for hydroxylation is 2. The molecule has 3 nitrogen and oxygen atoms in total. The number of benzene rings is 1. The average Bonchev–Trinajstić information content (AvgIpc) is 2.42. The first-order valence-corrected chi connectivity index (χ1v) is 6.33. The maximum Gasteiger partial charge on any atom is 0.123 e. The van der Waals surface area contributed by atoms with Crippen molar-refractivity contribution in [2.24, 2.45) is 5.84 Å². The second kappa shape index (κ2) is 6.41. The van der Waals surface area contributed by atoms with Gasteiger partial charge in [0.25, 0.3) is 0 Å². The van der Waals surface area contributed by atoms with Crippen molar-refractivity contribution in [1.82, 2.24) is 10.4 Å². The molecule has 100 valence electrons. The van der Waals surface area contributed by atoms with Crippen molar-refractivity contribution >= 4 is 0 Å². The van der Waals surface area contributed by atoms with Crippen LogP contribution in [-0.4, -0.2) is 4.98 Å². The second-order valence-electron chi connectivity index (χ2n) is 4.58. The first-order valence-electron chi connectivity index (χ1n) is 6.33. The lowest BCUT2D eigenvalue weighted by Crippen LogP contribution is -2.29. The summed E-state index contributed by atoms with van der Waals surface area (Å²) >= 11 is 0. The number of aromatic nitrogens is 1. The highest BCUT2D eigenvalue weighted by Gasteiger charge is 2.13. The van der Waals surface area contributed by atoms with Crippen molar-refractivity contribution in [3.8, 4) is 0 Å². The number of nitrogens with two attached hydrogens (primary N) is 1. The molecule has 1 heterocycles. The molecule has 0 aliphatic heterocycles. The summed E-state index contributed by atoms with van der Waals surface area (Å²) < 4.78 is 13.1. The van der Waals surface area contributed by atoms with Gasteiger partial charge < -0.3 is 0 Å². The van der Waals surface area contributed by atoms with Crippen molar-refractivity contribution in [2.75, 3.05) is 0 Å². The molecule has 0 amide bonds. The second-order valence-corrected chi connectivity index (χ2v) is 4.58. The molecular weight excluding hydrogens is 241 g/mol. The van der Waals surface area contributed by atoms with E-state index in [0.29, 0.717) is 0 Å². The monoisotopic (exact) mass is 259 g/mol. The van der Waals surface area contributed by atoms with Crippen LogP contribution in [0, 0.1) is 12.7 Å². The van der Waals surface area contributed by atoms with Crippen molar-refractivity contribution in [3.05, 3.63) is 65.2 Å². The lowest BCUT2D eigenvalue weighted by molar-refractivity contribution is 0.510. The van der Waals surface area contributed by atoms with E-state index in [1.54, 1.807) is 12.3 Å². The van der Waals surface area contributed by atoms with E-state index in [1.807, 2.05) is 25.1 Å². The Hall–Kier alpha value is -1.78. The first-order chi connectivity index (χ1) is 9.20. The fraction of sp³-hybridized carbons (Fsp3) is 0.267. The van der Waals surface area contributed by atoms with Crippen LogP contribution in [-0.2, 0) is 6.42 Å². The van der Waals surface area contributed by atoms with Gasteiger partial charge in [0.1, 0.15) is 5.82 Å². The third kappa shape index (κ3) is 3.59. The third-order valence-electron chi connectivity index (χ3n) is 3.22. The fourth-order valence-corrected chi connectivity index (χ4v) is 2.20. The molecular formula is C15H18FN3. The van der Waals surface area contributed by atoms with Crippen LogP contribution in [0.2, 0.25) is 0 Å². The van der Waals surface area contributed by atoms with Gasteiger partial charge in [-0.05, 0) is 55.2 Å². The standard InChI is InChI=1S/C15H18FN3/c1-11-10-12(16)5-7-14(11)15(19-17)8-6-13-4-2-3-9-18-13/h2-5,7,9-10,15,19H,6,8,17H2,1H3. The summed E-state index contributed by atoms with van der Waals surface area (Å²) in [5.41, 5.74) is 5.76. The Labute approximate surface area is 112 Å². The van der Waals surface area contributed by atoms with Gasteiger partial charge in [-0.25, -0.2) is 4.39 Å². The van der Waals surface area contributed by atoms with E-state index in [-0.39, 0.29) is 11.9 Å². The number of hydrazine groups is 1. The SMILES string of the molecule is Cc1cc(F)ccc1C(CCc1ccccn1)NN. The zero-order valence-electron chi connectivity index (χ0n) is 10.9. The molecule has 2 aromatic rings. The number of nitrogens with zero attached hydrogens (tertiary/aromatic N) is 1. The fourth-order valence-electron chi connectivity index (χ4n) is 2.20. The minimum absolute atomic E-state index is 0.00241. The summed E-state index contributed by atoms with van der Waals surface area (Å²) in [5.74, 6) is 5.39. The van der Waals surface area contributed by atoms with Crippen LogP contribution in [0.15, 0.2) is 42.6 Å². The maximum absolute atomic E-state index is 13.1. The molecule has 0 saturated heterocycles. The van der Waals surface area contributed by atoms with Gasteiger partial charge in [-0.2, -0.15) is 0 Å². The van der Waals surface area contributed by atoms with E-state index < -0.39 is 0 Å². The minimum Gasteiger partial charge on any atom is -0.271 e. The molecule has 3 N–H and O–H groups in total. The molecule has 0 aliphatic carbocycles. The highest BCUT2D eigenvalue weighted by molar-refractivity contribution is 5.29. The zero-order chi connectivity index (χ0) is 13.7. The van der Waals surface area contributed by atoms with Crippen molar-refractivity contribution in [3.63, 3.8) is 0 Å². The van der Waals surface area contributed by atoms with E-state index in [1.165, 1.54) is 12.1 Å². The van der Waals surface area contributed by atoms with Crippen LogP contribution < -0.4 is 11.3 Å². The van der Waals surface area contributed by atoms with E-state index in [4.69, 9.17) is 5.84 Å². The zero-order valence-corrected chi connectivity index (χ0v) is 10.9. The van der Waals surface area contributed by atoms with Crippen LogP contribution >= 0.6 is 0 Å². The van der Waals surface area contributed by atoms with Crippen molar-refractivity contribution in [2.45, 2.75) is 25.8 Å². The van der Waals surface area contributed by atoms with Gasteiger partial charge >= 0.3 is 0 Å². The van der Waals surface area contributed by atoms with Crippen LogP contribution in [0.1, 0.15) is 29.3 Å². The molecule has 2 rings (SSSR count). The van der Waals surface area contributed by atoms with Crippen LogP contribution in [0.25, 0.3) is 0 Å². The molecule has 1 aromatic carbocycles. The molecule has 0 aliphatic rings. The molecule has 0 radical (unpaired) electrons. The number of pyridine rings is 1. The average molecular weight is 259 g/mol. The molecule has 19 heavy (non-hydrogen) atoms. The molecule has 1 unspecified atom stereocenters. The Kier molecular flexibility index (Phi) is 4.60. The molecule has 0 spiro atoms. The maximum atomic E-state index is 13.1. The Morgan fingerprint density at radius 2 is 2.16 bits per heavy atom. The topological polar surface area (TPSA) is 50.9 Å². The molecule has 1 aromatic heterocycles. The van der Waals surface area contributed by atoms with E-state index in [2.05, 4.69) is 10.4 Å². The summed E-state index contributed by atoms with van der Waals surface area (Å²) in [6, 6.07) is 10.6. The highest BCUT2D eigenvalue weighted by atomic mass is 19.1. The summed E-state index contributed by atoms with van der Waals surface area (Å²) in [6.45, 7) is 1.89. The normalized spacial score (nSPS) is 12.4. The van der Waals surface area contributed by atoms with Crippen LogP contribution in [0.5, 0.6) is 0 Å². The molecule has 0 saturated carbocycles. The molecule has 0 fully saturated rings. The molecule has 1 atom stereocenters. The van der Waals surface area contributed by atoms with Gasteiger partial charge in [0.2, 0.25) is 0 Å². The Balaban J connectivity index is 2.08. The molecule has 0 bridgehead atoms. The van der Waals surface area contributed by atoms with Gasteiger partial charge in [0.05, 0.1) is 0 Å². The van der Waals surface area contributed by atoms with Gasteiger partial charge in [0, 0.05) is 17.9 Å². The summed E-state index contributed by atoms with van der Waals surface area (Å²) in [4.78, 5) is 4.29. The predicted octanol–water partition coefficient (Wildman–Crippen LogP) is 2.67. The van der Waals surface area contributed by atoms with E-state index >= 15 is 0 Å².